The average molecular weight is 443 g/mol. The minimum Gasteiger partial charge on any atom is -0.385 e. The number of nitrogens with one attached hydrogen (secondary N) is 1. The molecule has 1 unspecified atom stereocenters. The maximum Gasteiger partial charge on any atom is 0.249 e. The molecule has 33 heavy (non-hydrogen) atoms. The normalized spacial score (nSPS) is 16.8. The molecule has 3 aromatic rings. The second-order valence-electron chi connectivity index (χ2n) is 10.0. The van der Waals surface area contributed by atoms with Crippen molar-refractivity contribution in [1.29, 1.82) is 0 Å². The highest BCUT2D eigenvalue weighted by atomic mass is 16.3. The van der Waals surface area contributed by atoms with Crippen molar-refractivity contribution in [3.8, 4) is 0 Å². The molecule has 172 valence electrons. The van der Waals surface area contributed by atoms with Gasteiger partial charge >= 0.3 is 0 Å². The third kappa shape index (κ3) is 5.28. The summed E-state index contributed by atoms with van der Waals surface area (Å²) in [6, 6.07) is 27.5. The van der Waals surface area contributed by atoms with Crippen LogP contribution < -0.4 is 5.32 Å². The van der Waals surface area contributed by atoms with Crippen molar-refractivity contribution in [2.45, 2.75) is 50.7 Å². The summed E-state index contributed by atoms with van der Waals surface area (Å²) in [6.45, 7) is 7.62. The summed E-state index contributed by atoms with van der Waals surface area (Å²) in [5.41, 5.74) is 3.19. The van der Waals surface area contributed by atoms with E-state index in [2.05, 4.69) is 50.4 Å². The Balaban J connectivity index is 1.55. The molecule has 1 atom stereocenters. The predicted molar refractivity (Wildman–Crippen MR) is 134 cm³/mol. The van der Waals surface area contributed by atoms with Crippen LogP contribution in [0.4, 0.5) is 5.69 Å². The van der Waals surface area contributed by atoms with Gasteiger partial charge in [0.05, 0.1) is 5.60 Å². The Morgan fingerprint density at radius 1 is 0.879 bits per heavy atom. The van der Waals surface area contributed by atoms with E-state index in [1.54, 1.807) is 0 Å². The molecule has 1 saturated heterocycles. The largest absolute Gasteiger partial charge is 0.385 e. The maximum absolute atomic E-state index is 13.7. The van der Waals surface area contributed by atoms with Gasteiger partial charge in [-0.1, -0.05) is 93.6 Å². The minimum atomic E-state index is -0.880. The second-order valence-corrected chi connectivity index (χ2v) is 10.0. The van der Waals surface area contributed by atoms with Crippen molar-refractivity contribution in [2.24, 2.45) is 0 Å². The highest BCUT2D eigenvalue weighted by Crippen LogP contribution is 2.34. The SMILES string of the molecule is CC(C)(C)c1ccc(C(Nc2ccccc2)C(=O)N2CCC(O)(c3ccccc3)CC2)cc1. The quantitative estimate of drug-likeness (QED) is 0.537. The Labute approximate surface area is 197 Å². The first-order chi connectivity index (χ1) is 15.8. The number of rotatable bonds is 5. The molecule has 0 aliphatic carbocycles. The van der Waals surface area contributed by atoms with Crippen molar-refractivity contribution in [3.63, 3.8) is 0 Å². The van der Waals surface area contributed by atoms with Gasteiger partial charge in [0.15, 0.2) is 0 Å². The smallest absolute Gasteiger partial charge is 0.249 e. The van der Waals surface area contributed by atoms with Crippen LogP contribution in [-0.4, -0.2) is 29.0 Å². The third-order valence-electron chi connectivity index (χ3n) is 6.66. The van der Waals surface area contributed by atoms with Gasteiger partial charge in [-0.25, -0.2) is 0 Å². The summed E-state index contributed by atoms with van der Waals surface area (Å²) in [4.78, 5) is 15.6. The summed E-state index contributed by atoms with van der Waals surface area (Å²) in [5.74, 6) is 0.0393. The summed E-state index contributed by atoms with van der Waals surface area (Å²) in [7, 11) is 0. The number of anilines is 1. The van der Waals surface area contributed by atoms with Crippen LogP contribution in [0.5, 0.6) is 0 Å². The van der Waals surface area contributed by atoms with Crippen molar-refractivity contribution < 1.29 is 9.90 Å². The molecule has 3 aromatic carbocycles. The molecule has 0 aromatic heterocycles. The van der Waals surface area contributed by atoms with E-state index in [-0.39, 0.29) is 11.3 Å². The van der Waals surface area contributed by atoms with Crippen LogP contribution in [0.15, 0.2) is 84.9 Å². The predicted octanol–water partition coefficient (Wildman–Crippen LogP) is 5.65. The van der Waals surface area contributed by atoms with E-state index in [9.17, 15) is 9.90 Å². The van der Waals surface area contributed by atoms with Crippen LogP contribution in [0.2, 0.25) is 0 Å². The fraction of sp³-hybridized carbons (Fsp3) is 0.345. The van der Waals surface area contributed by atoms with Gasteiger partial charge in [0.25, 0.3) is 0 Å². The number of hydrogen-bond acceptors (Lipinski definition) is 3. The highest BCUT2D eigenvalue weighted by molar-refractivity contribution is 5.86. The highest BCUT2D eigenvalue weighted by Gasteiger charge is 2.37. The number of carbonyl (C=O) groups excluding carboxylic acids is 1. The van der Waals surface area contributed by atoms with Gasteiger partial charge < -0.3 is 15.3 Å². The molecular weight excluding hydrogens is 408 g/mol. The Morgan fingerprint density at radius 2 is 1.42 bits per heavy atom. The molecule has 0 radical (unpaired) electrons. The zero-order chi connectivity index (χ0) is 23.5. The van der Waals surface area contributed by atoms with Crippen molar-refractivity contribution in [1.82, 2.24) is 4.90 Å². The Kier molecular flexibility index (Phi) is 6.57. The maximum atomic E-state index is 13.7. The molecule has 0 saturated carbocycles. The zero-order valence-electron chi connectivity index (χ0n) is 19.8. The first-order valence-electron chi connectivity index (χ1n) is 11.7. The lowest BCUT2D eigenvalue weighted by Gasteiger charge is -2.40. The van der Waals surface area contributed by atoms with Gasteiger partial charge in [-0.15, -0.1) is 0 Å². The summed E-state index contributed by atoms with van der Waals surface area (Å²) in [5, 5.41) is 14.6. The lowest BCUT2D eigenvalue weighted by molar-refractivity contribution is -0.136. The molecule has 0 bridgehead atoms. The summed E-state index contributed by atoms with van der Waals surface area (Å²) < 4.78 is 0. The van der Waals surface area contributed by atoms with E-state index < -0.39 is 11.6 Å². The van der Waals surface area contributed by atoms with Crippen molar-refractivity contribution in [3.05, 3.63) is 102 Å². The summed E-state index contributed by atoms with van der Waals surface area (Å²) in [6.07, 6.45) is 1.06. The number of hydrogen-bond donors (Lipinski definition) is 2. The first kappa shape index (κ1) is 23.1. The lowest BCUT2D eigenvalue weighted by atomic mass is 9.84. The monoisotopic (exact) mass is 442 g/mol. The molecule has 1 heterocycles. The van der Waals surface area contributed by atoms with Crippen LogP contribution in [0, 0.1) is 0 Å². The Hall–Kier alpha value is -3.11. The van der Waals surface area contributed by atoms with Crippen LogP contribution in [0.3, 0.4) is 0 Å². The minimum absolute atomic E-state index is 0.0393. The van der Waals surface area contributed by atoms with Gasteiger partial charge in [-0.05, 0) is 47.1 Å². The van der Waals surface area contributed by atoms with Gasteiger partial charge in [0.2, 0.25) is 5.91 Å². The van der Waals surface area contributed by atoms with Gasteiger partial charge in [-0.3, -0.25) is 4.79 Å². The number of piperidine rings is 1. The zero-order valence-corrected chi connectivity index (χ0v) is 19.8. The Morgan fingerprint density at radius 3 is 1.97 bits per heavy atom. The van der Waals surface area contributed by atoms with Gasteiger partial charge in [-0.2, -0.15) is 0 Å². The third-order valence-corrected chi connectivity index (χ3v) is 6.66. The van der Waals surface area contributed by atoms with Crippen LogP contribution in [-0.2, 0) is 15.8 Å². The number of amides is 1. The van der Waals surface area contributed by atoms with Crippen LogP contribution >= 0.6 is 0 Å². The molecule has 1 fully saturated rings. The Bertz CT molecular complexity index is 1050. The van der Waals surface area contributed by atoms with E-state index in [4.69, 9.17) is 0 Å². The number of para-hydroxylation sites is 1. The molecule has 1 amide bonds. The molecular formula is C29H34N2O2. The molecule has 4 nitrogen and oxygen atoms in total. The first-order valence-corrected chi connectivity index (χ1v) is 11.7. The van der Waals surface area contributed by atoms with E-state index in [1.807, 2.05) is 65.6 Å². The van der Waals surface area contributed by atoms with Crippen molar-refractivity contribution >= 4 is 11.6 Å². The summed E-state index contributed by atoms with van der Waals surface area (Å²) >= 11 is 0. The standard InChI is InChI=1S/C29H34N2O2/c1-28(2,3)23-16-14-22(15-17-23)26(30-25-12-8-5-9-13-25)27(32)31-20-18-29(33,19-21-31)24-10-6-4-7-11-24/h4-17,26,30,33H,18-21H2,1-3H3. The lowest BCUT2D eigenvalue weighted by Crippen LogP contribution is -2.47. The second kappa shape index (κ2) is 9.40. The van der Waals surface area contributed by atoms with E-state index in [1.165, 1.54) is 5.56 Å². The van der Waals surface area contributed by atoms with Gasteiger partial charge in [0.1, 0.15) is 6.04 Å². The van der Waals surface area contributed by atoms with E-state index >= 15 is 0 Å². The molecule has 2 N–H and O–H groups in total. The van der Waals surface area contributed by atoms with Crippen LogP contribution in [0.25, 0.3) is 0 Å². The van der Waals surface area contributed by atoms with Crippen molar-refractivity contribution in [2.75, 3.05) is 18.4 Å². The number of nitrogens with zero attached hydrogens (tertiary/aromatic N) is 1. The number of likely N-dealkylation sites (tertiary alicyclic amines) is 1. The van der Waals surface area contributed by atoms with Gasteiger partial charge in [0, 0.05) is 18.8 Å². The molecule has 4 heteroatoms. The fourth-order valence-electron chi connectivity index (χ4n) is 4.48. The van der Waals surface area contributed by atoms with E-state index in [0.29, 0.717) is 25.9 Å². The topological polar surface area (TPSA) is 52.6 Å². The number of aliphatic hydroxyl groups is 1. The molecule has 4 rings (SSSR count). The van der Waals surface area contributed by atoms with E-state index in [0.717, 1.165) is 16.8 Å². The number of carbonyl (C=O) groups is 1. The number of benzene rings is 3. The molecule has 1 aliphatic heterocycles. The molecule has 1 aliphatic rings. The fourth-order valence-corrected chi connectivity index (χ4v) is 4.48. The van der Waals surface area contributed by atoms with Crippen LogP contribution in [0.1, 0.15) is 56.3 Å². The average Bonchev–Trinajstić information content (AvgIpc) is 2.83. The molecule has 0 spiro atoms.